The average molecular weight is 331 g/mol. The van der Waals surface area contributed by atoms with Crippen molar-refractivity contribution in [2.24, 2.45) is 17.8 Å². The van der Waals surface area contributed by atoms with Gasteiger partial charge < -0.3 is 10.0 Å². The van der Waals surface area contributed by atoms with E-state index in [9.17, 15) is 9.59 Å². The molecule has 0 radical (unpaired) electrons. The molecule has 1 saturated carbocycles. The first kappa shape index (κ1) is 14.5. The SMILES string of the molecule is Cc1cc(C(=O)N2C[C@@H]3C(C(=O)O)[C@@H]3C2)c2cc(Cl)ccc2n1. The highest BCUT2D eigenvalue weighted by atomic mass is 35.5. The lowest BCUT2D eigenvalue weighted by Crippen LogP contribution is -2.32. The Morgan fingerprint density at radius 2 is 1.96 bits per heavy atom. The molecule has 2 aromatic rings. The molecule has 1 aromatic heterocycles. The molecule has 1 aliphatic heterocycles. The number of aryl methyl sites for hydroxylation is 1. The molecular weight excluding hydrogens is 316 g/mol. The average Bonchev–Trinajstić information content (AvgIpc) is 3.02. The summed E-state index contributed by atoms with van der Waals surface area (Å²) in [5.41, 5.74) is 2.10. The van der Waals surface area contributed by atoms with E-state index in [1.165, 1.54) is 0 Å². The lowest BCUT2D eigenvalue weighted by molar-refractivity contribution is -0.139. The summed E-state index contributed by atoms with van der Waals surface area (Å²) >= 11 is 6.06. The summed E-state index contributed by atoms with van der Waals surface area (Å²) in [5, 5.41) is 10.4. The molecule has 1 N–H and O–H groups in total. The second-order valence-corrected chi connectivity index (χ2v) is 6.81. The summed E-state index contributed by atoms with van der Waals surface area (Å²) in [6.45, 7) is 2.89. The van der Waals surface area contributed by atoms with Crippen molar-refractivity contribution in [1.82, 2.24) is 9.88 Å². The molecule has 4 rings (SSSR count). The van der Waals surface area contributed by atoms with Gasteiger partial charge in [0.05, 0.1) is 17.0 Å². The third-order valence-corrected chi connectivity index (χ3v) is 5.13. The van der Waals surface area contributed by atoms with Crippen molar-refractivity contribution in [3.63, 3.8) is 0 Å². The topological polar surface area (TPSA) is 70.5 Å². The summed E-state index contributed by atoms with van der Waals surface area (Å²) < 4.78 is 0. The number of rotatable bonds is 2. The van der Waals surface area contributed by atoms with E-state index in [1.807, 2.05) is 13.0 Å². The number of halogens is 1. The van der Waals surface area contributed by atoms with Gasteiger partial charge in [0.15, 0.2) is 0 Å². The van der Waals surface area contributed by atoms with Crippen molar-refractivity contribution in [3.05, 3.63) is 40.5 Å². The van der Waals surface area contributed by atoms with E-state index in [1.54, 1.807) is 23.1 Å². The van der Waals surface area contributed by atoms with Crippen molar-refractivity contribution in [2.45, 2.75) is 6.92 Å². The summed E-state index contributed by atoms with van der Waals surface area (Å²) in [6.07, 6.45) is 0. The minimum Gasteiger partial charge on any atom is -0.481 e. The molecule has 1 aromatic carbocycles. The van der Waals surface area contributed by atoms with Crippen LogP contribution in [0.3, 0.4) is 0 Å². The number of hydrogen-bond donors (Lipinski definition) is 1. The lowest BCUT2D eigenvalue weighted by atomic mass is 10.1. The molecule has 2 heterocycles. The number of nitrogens with zero attached hydrogens (tertiary/aromatic N) is 2. The van der Waals surface area contributed by atoms with Gasteiger partial charge in [-0.05, 0) is 43.0 Å². The van der Waals surface area contributed by atoms with Gasteiger partial charge in [-0.3, -0.25) is 14.6 Å². The standard InChI is InChI=1S/C17H15ClN2O3/c1-8-4-11(10-5-9(18)2-3-14(10)19-8)16(21)20-6-12-13(7-20)15(12)17(22)23/h2-5,12-13,15H,6-7H2,1H3,(H,22,23)/t12-,13+,15?. The van der Waals surface area contributed by atoms with E-state index < -0.39 is 5.97 Å². The van der Waals surface area contributed by atoms with Gasteiger partial charge in [0.1, 0.15) is 0 Å². The third kappa shape index (κ3) is 2.27. The summed E-state index contributed by atoms with van der Waals surface area (Å²) in [5.74, 6) is -0.879. The van der Waals surface area contributed by atoms with Crippen molar-refractivity contribution >= 4 is 34.4 Å². The quantitative estimate of drug-likeness (QED) is 0.918. The van der Waals surface area contributed by atoms with Gasteiger partial charge >= 0.3 is 5.97 Å². The van der Waals surface area contributed by atoms with Gasteiger partial charge in [-0.15, -0.1) is 0 Å². The van der Waals surface area contributed by atoms with E-state index in [0.717, 1.165) is 16.6 Å². The maximum Gasteiger partial charge on any atom is 0.307 e. The Bertz CT molecular complexity index is 839. The van der Waals surface area contributed by atoms with E-state index in [0.29, 0.717) is 23.7 Å². The first-order valence-electron chi connectivity index (χ1n) is 7.54. The molecule has 1 saturated heterocycles. The molecule has 0 spiro atoms. The van der Waals surface area contributed by atoms with Crippen molar-refractivity contribution < 1.29 is 14.7 Å². The third-order valence-electron chi connectivity index (χ3n) is 4.90. The van der Waals surface area contributed by atoms with Crippen LogP contribution in [0.2, 0.25) is 5.02 Å². The number of fused-ring (bicyclic) bond motifs is 2. The summed E-state index contributed by atoms with van der Waals surface area (Å²) in [4.78, 5) is 30.1. The zero-order valence-corrected chi connectivity index (χ0v) is 13.2. The van der Waals surface area contributed by atoms with Gasteiger partial charge in [0.25, 0.3) is 5.91 Å². The van der Waals surface area contributed by atoms with Crippen LogP contribution in [-0.4, -0.2) is 40.0 Å². The zero-order valence-electron chi connectivity index (χ0n) is 12.5. The van der Waals surface area contributed by atoms with Crippen LogP contribution in [0.25, 0.3) is 10.9 Å². The molecule has 3 atom stereocenters. The predicted octanol–water partition coefficient (Wildman–Crippen LogP) is 2.60. The Balaban J connectivity index is 1.66. The Labute approximate surface area is 137 Å². The Morgan fingerprint density at radius 1 is 1.26 bits per heavy atom. The molecule has 2 fully saturated rings. The molecule has 1 amide bonds. The van der Waals surface area contributed by atoms with Crippen LogP contribution in [0.15, 0.2) is 24.3 Å². The molecule has 2 aliphatic rings. The molecule has 5 nitrogen and oxygen atoms in total. The number of pyridine rings is 1. The highest BCUT2D eigenvalue weighted by Crippen LogP contribution is 2.52. The first-order chi connectivity index (χ1) is 11.0. The van der Waals surface area contributed by atoms with Gasteiger partial charge in [0, 0.05) is 29.2 Å². The van der Waals surface area contributed by atoms with Crippen LogP contribution in [-0.2, 0) is 4.79 Å². The Morgan fingerprint density at radius 3 is 2.61 bits per heavy atom. The second kappa shape index (κ2) is 4.93. The van der Waals surface area contributed by atoms with Crippen LogP contribution in [0.1, 0.15) is 16.1 Å². The first-order valence-corrected chi connectivity index (χ1v) is 7.92. The number of benzene rings is 1. The van der Waals surface area contributed by atoms with E-state index in [2.05, 4.69) is 4.98 Å². The molecule has 1 aliphatic carbocycles. The number of hydrogen-bond acceptors (Lipinski definition) is 3. The van der Waals surface area contributed by atoms with Crippen molar-refractivity contribution in [2.75, 3.05) is 13.1 Å². The highest BCUT2D eigenvalue weighted by molar-refractivity contribution is 6.31. The number of aromatic nitrogens is 1. The number of carbonyl (C=O) groups excluding carboxylic acids is 1. The van der Waals surface area contributed by atoms with Gasteiger partial charge in [-0.1, -0.05) is 11.6 Å². The number of carbonyl (C=O) groups is 2. The smallest absolute Gasteiger partial charge is 0.307 e. The fourth-order valence-electron chi connectivity index (χ4n) is 3.74. The van der Waals surface area contributed by atoms with Gasteiger partial charge in [-0.2, -0.15) is 0 Å². The van der Waals surface area contributed by atoms with E-state index >= 15 is 0 Å². The number of aliphatic carboxylic acids is 1. The fourth-order valence-corrected chi connectivity index (χ4v) is 3.91. The minimum absolute atomic E-state index is 0.0703. The molecular formula is C17H15ClN2O3. The predicted molar refractivity (Wildman–Crippen MR) is 85.5 cm³/mol. The highest BCUT2D eigenvalue weighted by Gasteiger charge is 2.60. The lowest BCUT2D eigenvalue weighted by Gasteiger charge is -2.20. The maximum absolute atomic E-state index is 12.9. The zero-order chi connectivity index (χ0) is 16.3. The molecule has 1 unspecified atom stereocenters. The number of amides is 1. The molecule has 118 valence electrons. The van der Waals surface area contributed by atoms with Crippen LogP contribution in [0, 0.1) is 24.7 Å². The molecule has 6 heteroatoms. The Kier molecular flexibility index (Phi) is 3.10. The maximum atomic E-state index is 12.9. The van der Waals surface area contributed by atoms with Crippen LogP contribution < -0.4 is 0 Å². The number of carboxylic acids is 1. The van der Waals surface area contributed by atoms with Crippen LogP contribution in [0.4, 0.5) is 0 Å². The van der Waals surface area contributed by atoms with Gasteiger partial charge in [0.2, 0.25) is 0 Å². The van der Waals surface area contributed by atoms with Crippen LogP contribution >= 0.6 is 11.6 Å². The number of carboxylic acid groups (broad SMARTS) is 1. The van der Waals surface area contributed by atoms with E-state index in [4.69, 9.17) is 16.7 Å². The summed E-state index contributed by atoms with van der Waals surface area (Å²) in [6, 6.07) is 7.10. The van der Waals surface area contributed by atoms with Gasteiger partial charge in [-0.25, -0.2) is 0 Å². The second-order valence-electron chi connectivity index (χ2n) is 6.37. The fraction of sp³-hybridized carbons (Fsp3) is 0.353. The normalized spacial score (nSPS) is 25.5. The number of likely N-dealkylation sites (tertiary alicyclic amines) is 1. The van der Waals surface area contributed by atoms with Crippen LogP contribution in [0.5, 0.6) is 0 Å². The number of piperidine rings is 1. The summed E-state index contributed by atoms with van der Waals surface area (Å²) in [7, 11) is 0. The van der Waals surface area contributed by atoms with E-state index in [-0.39, 0.29) is 23.7 Å². The minimum atomic E-state index is -0.746. The Hall–Kier alpha value is -2.14. The van der Waals surface area contributed by atoms with Crippen molar-refractivity contribution in [3.8, 4) is 0 Å². The van der Waals surface area contributed by atoms with Crippen molar-refractivity contribution in [1.29, 1.82) is 0 Å². The largest absolute Gasteiger partial charge is 0.481 e. The molecule has 0 bridgehead atoms. The monoisotopic (exact) mass is 330 g/mol. The molecule has 23 heavy (non-hydrogen) atoms.